The summed E-state index contributed by atoms with van der Waals surface area (Å²) in [5, 5.41) is 6.00. The van der Waals surface area contributed by atoms with Crippen LogP contribution in [-0.4, -0.2) is 63.3 Å². The number of hydrogen-bond donors (Lipinski definition) is 2. The number of sulfonamides is 1. The van der Waals surface area contributed by atoms with Crippen LogP contribution in [0.1, 0.15) is 68.9 Å². The molecule has 1 saturated carbocycles. The predicted octanol–water partition coefficient (Wildman–Crippen LogP) is 5.37. The van der Waals surface area contributed by atoms with Crippen LogP contribution >= 0.6 is 0 Å². The van der Waals surface area contributed by atoms with Crippen LogP contribution in [0.5, 0.6) is 0 Å². The highest BCUT2D eigenvalue weighted by molar-refractivity contribution is 7.89. The lowest BCUT2D eigenvalue weighted by molar-refractivity contribution is -0.117. The first-order chi connectivity index (χ1) is 20.1. The zero-order valence-electron chi connectivity index (χ0n) is 24.4. The van der Waals surface area contributed by atoms with Gasteiger partial charge in [-0.3, -0.25) is 4.79 Å². The van der Waals surface area contributed by atoms with Gasteiger partial charge in [0.15, 0.2) is 11.6 Å². The summed E-state index contributed by atoms with van der Waals surface area (Å²) in [5.41, 5.74) is 1.04. The van der Waals surface area contributed by atoms with Gasteiger partial charge in [0.1, 0.15) is 5.82 Å². The molecule has 1 heterocycles. The van der Waals surface area contributed by atoms with Crippen LogP contribution in [0.3, 0.4) is 0 Å². The number of carbonyl (C=O) groups is 1. The molecule has 42 heavy (non-hydrogen) atoms. The van der Waals surface area contributed by atoms with Crippen LogP contribution in [0.15, 0.2) is 36.4 Å². The van der Waals surface area contributed by atoms with E-state index in [0.29, 0.717) is 26.1 Å². The topological polar surface area (TPSA) is 87.7 Å². The predicted molar refractivity (Wildman–Crippen MR) is 157 cm³/mol. The minimum atomic E-state index is -3.47. The highest BCUT2D eigenvalue weighted by Gasteiger charge is 2.33. The van der Waals surface area contributed by atoms with E-state index in [0.717, 1.165) is 37.3 Å². The van der Waals surface area contributed by atoms with Gasteiger partial charge in [0, 0.05) is 50.5 Å². The summed E-state index contributed by atoms with van der Waals surface area (Å²) in [4.78, 5) is 13.4. The number of carbonyl (C=O) groups excluding carboxylic acids is 1. The van der Waals surface area contributed by atoms with E-state index in [2.05, 4.69) is 10.6 Å². The molecule has 0 bridgehead atoms. The molecule has 2 aliphatic rings. The van der Waals surface area contributed by atoms with Crippen molar-refractivity contribution in [2.45, 2.75) is 76.4 Å². The molecule has 2 aromatic carbocycles. The van der Waals surface area contributed by atoms with Crippen molar-refractivity contribution in [3.05, 3.63) is 65.0 Å². The van der Waals surface area contributed by atoms with Crippen molar-refractivity contribution >= 4 is 21.6 Å². The molecule has 1 aliphatic carbocycles. The Morgan fingerprint density at radius 1 is 1.10 bits per heavy atom. The van der Waals surface area contributed by atoms with Gasteiger partial charge < -0.3 is 15.4 Å². The van der Waals surface area contributed by atoms with Crippen LogP contribution in [0.4, 0.5) is 18.9 Å². The van der Waals surface area contributed by atoms with E-state index in [1.54, 1.807) is 26.2 Å². The number of methoxy groups -OCH3 is 1. The molecule has 4 rings (SSSR count). The van der Waals surface area contributed by atoms with Crippen LogP contribution < -0.4 is 10.6 Å². The fourth-order valence-electron chi connectivity index (χ4n) is 6.39. The van der Waals surface area contributed by atoms with E-state index in [4.69, 9.17) is 4.74 Å². The Kier molecular flexibility index (Phi) is 11.4. The number of piperazine rings is 1. The maximum absolute atomic E-state index is 15.1. The highest BCUT2D eigenvalue weighted by Crippen LogP contribution is 2.39. The second-order valence-electron chi connectivity index (χ2n) is 11.4. The maximum atomic E-state index is 15.1. The molecule has 2 atom stereocenters. The largest absolute Gasteiger partial charge is 0.381 e. The monoisotopic (exact) mass is 609 g/mol. The summed E-state index contributed by atoms with van der Waals surface area (Å²) in [6.07, 6.45) is 4.54. The van der Waals surface area contributed by atoms with Crippen molar-refractivity contribution in [1.29, 1.82) is 0 Å². The number of nitrogens with one attached hydrogen (secondary N) is 2. The molecule has 0 radical (unpaired) electrons. The molecule has 2 fully saturated rings. The molecule has 2 unspecified atom stereocenters. The van der Waals surface area contributed by atoms with E-state index < -0.39 is 27.7 Å². The van der Waals surface area contributed by atoms with Crippen molar-refractivity contribution in [2.75, 3.05) is 37.8 Å². The maximum Gasteiger partial charge on any atom is 0.225 e. The normalized spacial score (nSPS) is 22.5. The number of ether oxygens (including phenoxy) is 1. The third kappa shape index (κ3) is 8.12. The van der Waals surface area contributed by atoms with E-state index in [1.807, 2.05) is 0 Å². The molecule has 1 amide bonds. The lowest BCUT2D eigenvalue weighted by Gasteiger charge is -2.35. The molecule has 232 valence electrons. The minimum Gasteiger partial charge on any atom is -0.381 e. The molecule has 2 N–H and O–H groups in total. The van der Waals surface area contributed by atoms with Gasteiger partial charge in [-0.2, -0.15) is 4.31 Å². The molecular formula is C31H42F3N3O4S. The van der Waals surface area contributed by atoms with E-state index in [9.17, 15) is 22.0 Å². The number of anilines is 1. The number of benzene rings is 2. The van der Waals surface area contributed by atoms with E-state index in [1.165, 1.54) is 22.5 Å². The first-order valence-electron chi connectivity index (χ1n) is 14.9. The Bertz CT molecular complexity index is 1300. The Labute approximate surface area is 247 Å². The van der Waals surface area contributed by atoms with Crippen LogP contribution in [0.2, 0.25) is 0 Å². The average molecular weight is 610 g/mol. The van der Waals surface area contributed by atoms with E-state index in [-0.39, 0.29) is 65.9 Å². The summed E-state index contributed by atoms with van der Waals surface area (Å²) in [5.74, 6) is -2.74. The van der Waals surface area contributed by atoms with E-state index >= 15 is 4.39 Å². The Balaban J connectivity index is 1.50. The Hall–Kier alpha value is -2.47. The quantitative estimate of drug-likeness (QED) is 0.338. The first kappa shape index (κ1) is 32.4. The lowest BCUT2D eigenvalue weighted by Crippen LogP contribution is -2.54. The molecule has 0 spiro atoms. The van der Waals surface area contributed by atoms with Gasteiger partial charge in [0.2, 0.25) is 15.9 Å². The van der Waals surface area contributed by atoms with Gasteiger partial charge in [0.25, 0.3) is 0 Å². The Morgan fingerprint density at radius 2 is 1.81 bits per heavy atom. The molecular weight excluding hydrogens is 567 g/mol. The summed E-state index contributed by atoms with van der Waals surface area (Å²) < 4.78 is 75.8. The molecule has 2 aromatic rings. The summed E-state index contributed by atoms with van der Waals surface area (Å²) in [6.45, 7) is 3.06. The standard InChI is InChI=1S/C31H42F3N3O4S/c1-3-18-42(39,40)37-17-16-35-20-24(37)10-13-26-29(15-14-28(33)31(26)34)36-30(38)19-27(21-4-8-23(32)9-5-21)22-6-11-25(41-2)12-7-22/h4-5,8-9,14-15,22,24-25,27,35H,3,6-7,10-13,16-20H2,1-2H3,(H,36,38). The average Bonchev–Trinajstić information content (AvgIpc) is 2.98. The van der Waals surface area contributed by atoms with Crippen molar-refractivity contribution < 1.29 is 31.1 Å². The number of amides is 1. The number of halogens is 3. The first-order valence-corrected chi connectivity index (χ1v) is 16.5. The van der Waals surface area contributed by atoms with Crippen molar-refractivity contribution in [3.63, 3.8) is 0 Å². The van der Waals surface area contributed by atoms with Crippen LogP contribution in [0.25, 0.3) is 0 Å². The molecule has 1 aliphatic heterocycles. The molecule has 0 aromatic heterocycles. The zero-order chi connectivity index (χ0) is 30.3. The SMILES string of the molecule is CCCS(=O)(=O)N1CCNCC1CCc1c(NC(=O)CC(c2ccc(F)cc2)C2CCC(OC)CC2)ccc(F)c1F. The van der Waals surface area contributed by atoms with Gasteiger partial charge in [-0.25, -0.2) is 21.6 Å². The Morgan fingerprint density at radius 3 is 2.48 bits per heavy atom. The van der Waals surface area contributed by atoms with Gasteiger partial charge in [0.05, 0.1) is 11.9 Å². The van der Waals surface area contributed by atoms with Crippen LogP contribution in [0, 0.1) is 23.4 Å². The fourth-order valence-corrected chi connectivity index (χ4v) is 8.14. The van der Waals surface area contributed by atoms with Crippen molar-refractivity contribution in [2.24, 2.45) is 5.92 Å². The second kappa shape index (κ2) is 14.8. The van der Waals surface area contributed by atoms with Crippen molar-refractivity contribution in [1.82, 2.24) is 9.62 Å². The smallest absolute Gasteiger partial charge is 0.225 e. The summed E-state index contributed by atoms with van der Waals surface area (Å²) >= 11 is 0. The zero-order valence-corrected chi connectivity index (χ0v) is 25.2. The van der Waals surface area contributed by atoms with Gasteiger partial charge in [-0.05, 0) is 86.6 Å². The van der Waals surface area contributed by atoms with Crippen molar-refractivity contribution in [3.8, 4) is 0 Å². The third-order valence-corrected chi connectivity index (χ3v) is 10.8. The summed E-state index contributed by atoms with van der Waals surface area (Å²) in [7, 11) is -1.77. The number of rotatable bonds is 12. The lowest BCUT2D eigenvalue weighted by atomic mass is 9.74. The summed E-state index contributed by atoms with van der Waals surface area (Å²) in [6, 6.07) is 8.11. The van der Waals surface area contributed by atoms with Gasteiger partial charge in [-0.1, -0.05) is 19.1 Å². The highest BCUT2D eigenvalue weighted by atomic mass is 32.2. The molecule has 7 nitrogen and oxygen atoms in total. The molecule has 1 saturated heterocycles. The fraction of sp³-hybridized carbons (Fsp3) is 0.581. The van der Waals surface area contributed by atoms with Gasteiger partial charge in [-0.15, -0.1) is 0 Å². The number of hydrogen-bond acceptors (Lipinski definition) is 5. The third-order valence-electron chi connectivity index (χ3n) is 8.64. The molecule has 11 heteroatoms. The van der Waals surface area contributed by atoms with Crippen LogP contribution in [-0.2, 0) is 26.0 Å². The number of nitrogens with zero attached hydrogens (tertiary/aromatic N) is 1. The minimum absolute atomic E-state index is 0.0145. The second-order valence-corrected chi connectivity index (χ2v) is 13.4. The van der Waals surface area contributed by atoms with Gasteiger partial charge >= 0.3 is 0 Å².